The van der Waals surface area contributed by atoms with Gasteiger partial charge in [-0.15, -0.1) is 11.3 Å². The van der Waals surface area contributed by atoms with Gasteiger partial charge in [0.2, 0.25) is 0 Å². The summed E-state index contributed by atoms with van der Waals surface area (Å²) in [5, 5.41) is 12.4. The van der Waals surface area contributed by atoms with Gasteiger partial charge < -0.3 is 14.6 Å². The van der Waals surface area contributed by atoms with E-state index in [-0.39, 0.29) is 24.0 Å². The zero-order valence-electron chi connectivity index (χ0n) is 20.4. The highest BCUT2D eigenvalue weighted by atomic mass is 32.2. The van der Waals surface area contributed by atoms with E-state index in [0.717, 1.165) is 55.0 Å². The average molecular weight is 498 g/mol. The Labute approximate surface area is 206 Å². The van der Waals surface area contributed by atoms with Gasteiger partial charge >= 0.3 is 11.9 Å². The molecular weight excluding hydrogens is 458 g/mol. The number of carbonyl (C=O) groups is 2. The number of aromatic nitrogens is 1. The molecule has 0 bridgehead atoms. The summed E-state index contributed by atoms with van der Waals surface area (Å²) < 4.78 is 11.5. The summed E-state index contributed by atoms with van der Waals surface area (Å²) in [6, 6.07) is 0. The van der Waals surface area contributed by atoms with Crippen molar-refractivity contribution in [1.82, 2.24) is 4.98 Å². The van der Waals surface area contributed by atoms with Crippen LogP contribution in [0.25, 0.3) is 0 Å². The van der Waals surface area contributed by atoms with Gasteiger partial charge in [0.25, 0.3) is 0 Å². The molecule has 0 aromatic carbocycles. The lowest BCUT2D eigenvalue weighted by molar-refractivity contribution is -0.148. The minimum Gasteiger partial charge on any atom is -0.462 e. The standard InChI is InChI=1S/C25H39NO5S2/c1-5-7-8-14-25(4,29)15-9-10-19-11-12-22(31-18(3)27)20(19)13-16-32-24-26-21(17-33-24)23(28)30-6-2/h9-10,17,19-20,22,29H,5-8,11-16H2,1-4H3/t19-,20+,22-,25?/m0/s1. The molecule has 1 N–H and O–H groups in total. The van der Waals surface area contributed by atoms with Crippen molar-refractivity contribution in [2.24, 2.45) is 11.8 Å². The third-order valence-electron chi connectivity index (χ3n) is 6.03. The Bertz CT molecular complexity index is 777. The molecule has 1 aromatic heterocycles. The number of thiazole rings is 1. The van der Waals surface area contributed by atoms with E-state index in [2.05, 4.69) is 24.1 Å². The highest BCUT2D eigenvalue weighted by Gasteiger charge is 2.36. The van der Waals surface area contributed by atoms with Crippen molar-refractivity contribution in [3.63, 3.8) is 0 Å². The number of allylic oxidation sites excluding steroid dienone is 1. The first-order chi connectivity index (χ1) is 15.8. The van der Waals surface area contributed by atoms with Crippen molar-refractivity contribution in [2.45, 2.75) is 95.1 Å². The first-order valence-corrected chi connectivity index (χ1v) is 13.9. The van der Waals surface area contributed by atoms with Crippen molar-refractivity contribution < 1.29 is 24.2 Å². The SMILES string of the molecule is CCCCCC(C)(O)CC=C[C@H]1CC[C@H](OC(C)=O)[C@@H]1CCSc1nc(C(=O)OCC)cs1. The first kappa shape index (κ1) is 27.9. The maximum Gasteiger partial charge on any atom is 0.357 e. The quantitative estimate of drug-likeness (QED) is 0.145. The van der Waals surface area contributed by atoms with Crippen molar-refractivity contribution in [3.8, 4) is 0 Å². The van der Waals surface area contributed by atoms with E-state index in [1.807, 2.05) is 6.92 Å². The van der Waals surface area contributed by atoms with Crippen LogP contribution in [0.1, 0.15) is 89.5 Å². The molecule has 33 heavy (non-hydrogen) atoms. The van der Waals surface area contributed by atoms with Gasteiger partial charge in [0.05, 0.1) is 12.2 Å². The van der Waals surface area contributed by atoms with Crippen LogP contribution in [0.4, 0.5) is 0 Å². The number of unbranched alkanes of at least 4 members (excludes halogenated alkanes) is 2. The van der Waals surface area contributed by atoms with Crippen molar-refractivity contribution in [3.05, 3.63) is 23.2 Å². The van der Waals surface area contributed by atoms with Crippen LogP contribution < -0.4 is 0 Å². The third-order valence-corrected chi connectivity index (χ3v) is 8.09. The lowest BCUT2D eigenvalue weighted by Crippen LogP contribution is -2.25. The molecule has 8 heteroatoms. The predicted molar refractivity (Wildman–Crippen MR) is 134 cm³/mol. The third kappa shape index (κ3) is 9.79. The van der Waals surface area contributed by atoms with Crippen molar-refractivity contribution in [1.29, 1.82) is 0 Å². The van der Waals surface area contributed by atoms with E-state index in [0.29, 0.717) is 24.6 Å². The molecule has 1 aliphatic rings. The number of rotatable bonds is 14. The van der Waals surface area contributed by atoms with Gasteiger partial charge in [-0.3, -0.25) is 4.79 Å². The molecule has 1 aliphatic carbocycles. The molecule has 1 heterocycles. The Hall–Kier alpha value is -1.38. The van der Waals surface area contributed by atoms with Gasteiger partial charge in [0.15, 0.2) is 10.0 Å². The van der Waals surface area contributed by atoms with E-state index in [9.17, 15) is 14.7 Å². The number of aliphatic hydroxyl groups is 1. The van der Waals surface area contributed by atoms with E-state index in [1.165, 1.54) is 18.3 Å². The summed E-state index contributed by atoms with van der Waals surface area (Å²) in [4.78, 5) is 27.8. The number of esters is 2. The topological polar surface area (TPSA) is 85.7 Å². The van der Waals surface area contributed by atoms with Gasteiger partial charge in [0, 0.05) is 24.0 Å². The fourth-order valence-corrected chi connectivity index (χ4v) is 6.22. The molecule has 4 atom stereocenters. The van der Waals surface area contributed by atoms with Crippen molar-refractivity contribution in [2.75, 3.05) is 12.4 Å². The molecule has 0 radical (unpaired) electrons. The lowest BCUT2D eigenvalue weighted by atomic mass is 9.89. The summed E-state index contributed by atoms with van der Waals surface area (Å²) in [6.07, 6.45) is 11.8. The predicted octanol–water partition coefficient (Wildman–Crippen LogP) is 6.04. The molecule has 0 spiro atoms. The Balaban J connectivity index is 1.92. The molecule has 1 unspecified atom stereocenters. The summed E-state index contributed by atoms with van der Waals surface area (Å²) in [7, 11) is 0. The zero-order chi connectivity index (χ0) is 24.3. The molecular formula is C25H39NO5S2. The van der Waals surface area contributed by atoms with E-state index in [1.54, 1.807) is 24.1 Å². The number of carbonyl (C=O) groups excluding carboxylic acids is 2. The molecule has 2 rings (SSSR count). The monoisotopic (exact) mass is 497 g/mol. The second-order valence-electron chi connectivity index (χ2n) is 9.00. The number of nitrogens with zero attached hydrogens (tertiary/aromatic N) is 1. The molecule has 0 amide bonds. The summed E-state index contributed by atoms with van der Waals surface area (Å²) >= 11 is 3.07. The second kappa shape index (κ2) is 14.1. The molecule has 1 aromatic rings. The van der Waals surface area contributed by atoms with Crippen LogP contribution >= 0.6 is 23.1 Å². The van der Waals surface area contributed by atoms with E-state index in [4.69, 9.17) is 9.47 Å². The average Bonchev–Trinajstić information content (AvgIpc) is 3.36. The minimum absolute atomic E-state index is 0.0748. The van der Waals surface area contributed by atoms with Crippen LogP contribution in [0.3, 0.4) is 0 Å². The minimum atomic E-state index is -0.674. The molecule has 6 nitrogen and oxygen atoms in total. The summed E-state index contributed by atoms with van der Waals surface area (Å²) in [5.74, 6) is 0.777. The Kier molecular flexibility index (Phi) is 11.9. The van der Waals surface area contributed by atoms with Gasteiger partial charge in [-0.1, -0.05) is 50.1 Å². The summed E-state index contributed by atoms with van der Waals surface area (Å²) in [5.41, 5.74) is -0.318. The molecule has 0 aliphatic heterocycles. The highest BCUT2D eigenvalue weighted by molar-refractivity contribution is 8.01. The molecule has 186 valence electrons. The lowest BCUT2D eigenvalue weighted by Gasteiger charge is -2.24. The molecule has 1 saturated carbocycles. The van der Waals surface area contributed by atoms with Crippen LogP contribution in [0.5, 0.6) is 0 Å². The molecule has 1 fully saturated rings. The number of hydrogen-bond donors (Lipinski definition) is 1. The maximum atomic E-state index is 11.8. The van der Waals surface area contributed by atoms with Gasteiger partial charge in [-0.25, -0.2) is 9.78 Å². The number of hydrogen-bond acceptors (Lipinski definition) is 8. The summed E-state index contributed by atoms with van der Waals surface area (Å²) in [6.45, 7) is 7.66. The Morgan fingerprint density at radius 1 is 1.33 bits per heavy atom. The number of ether oxygens (including phenoxy) is 2. The first-order valence-electron chi connectivity index (χ1n) is 12.1. The zero-order valence-corrected chi connectivity index (χ0v) is 22.0. The second-order valence-corrected chi connectivity index (χ2v) is 11.2. The van der Waals surface area contributed by atoms with Crippen LogP contribution in [-0.4, -0.2) is 46.1 Å². The number of thioether (sulfide) groups is 1. The fraction of sp³-hybridized carbons (Fsp3) is 0.720. The van der Waals surface area contributed by atoms with Crippen LogP contribution in [-0.2, 0) is 14.3 Å². The van der Waals surface area contributed by atoms with Gasteiger partial charge in [-0.05, 0) is 51.9 Å². The highest BCUT2D eigenvalue weighted by Crippen LogP contribution is 2.39. The molecule has 0 saturated heterocycles. The van der Waals surface area contributed by atoms with E-state index >= 15 is 0 Å². The Morgan fingerprint density at radius 2 is 2.12 bits per heavy atom. The maximum absolute atomic E-state index is 11.8. The normalized spacial score (nSPS) is 22.4. The van der Waals surface area contributed by atoms with Crippen LogP contribution in [0.15, 0.2) is 21.9 Å². The van der Waals surface area contributed by atoms with Gasteiger partial charge in [-0.2, -0.15) is 0 Å². The van der Waals surface area contributed by atoms with E-state index < -0.39 is 5.60 Å². The van der Waals surface area contributed by atoms with Crippen LogP contribution in [0, 0.1) is 11.8 Å². The largest absolute Gasteiger partial charge is 0.462 e. The Morgan fingerprint density at radius 3 is 2.82 bits per heavy atom. The fourth-order valence-electron chi connectivity index (χ4n) is 4.32. The van der Waals surface area contributed by atoms with Crippen molar-refractivity contribution >= 4 is 35.0 Å². The van der Waals surface area contributed by atoms with Gasteiger partial charge in [0.1, 0.15) is 6.10 Å². The van der Waals surface area contributed by atoms with Crippen LogP contribution in [0.2, 0.25) is 0 Å². The smallest absolute Gasteiger partial charge is 0.357 e.